The van der Waals surface area contributed by atoms with Crippen LogP contribution in [0.3, 0.4) is 0 Å². The second-order valence-corrected chi connectivity index (χ2v) is 7.08. The molecule has 0 radical (unpaired) electrons. The van der Waals surface area contributed by atoms with Crippen LogP contribution in [0, 0.1) is 29.1 Å². The topological polar surface area (TPSA) is 35.6 Å². The molecule has 0 saturated carbocycles. The lowest BCUT2D eigenvalue weighted by Crippen LogP contribution is -2.11. The molecule has 0 bridgehead atoms. The second kappa shape index (κ2) is 7.19. The molecule has 0 spiro atoms. The highest BCUT2D eigenvalue weighted by Crippen LogP contribution is 2.29. The van der Waals surface area contributed by atoms with E-state index in [2.05, 4.69) is 10.3 Å². The van der Waals surface area contributed by atoms with E-state index in [0.717, 1.165) is 26.5 Å². The van der Waals surface area contributed by atoms with Gasteiger partial charge in [-0.1, -0.05) is 41.6 Å². The van der Waals surface area contributed by atoms with E-state index in [4.69, 9.17) is 0 Å². The minimum atomic E-state index is -2.19. The predicted molar refractivity (Wildman–Crippen MR) is 104 cm³/mol. The van der Waals surface area contributed by atoms with Crippen molar-refractivity contribution in [1.29, 1.82) is 0 Å². The van der Waals surface area contributed by atoms with Crippen molar-refractivity contribution >= 4 is 21.8 Å². The smallest absolute Gasteiger partial charge is 0.200 e. The molecule has 31 heavy (non-hydrogen) atoms. The molecule has 9 heteroatoms. The van der Waals surface area contributed by atoms with Crippen molar-refractivity contribution in [2.24, 2.45) is 0 Å². The molecule has 5 rings (SSSR count). The summed E-state index contributed by atoms with van der Waals surface area (Å²) in [5.74, 6) is -9.92. The van der Waals surface area contributed by atoms with Gasteiger partial charge >= 0.3 is 0 Å². The number of benzene rings is 3. The zero-order chi connectivity index (χ0) is 21.7. The number of aromatic nitrogens is 4. The van der Waals surface area contributed by atoms with E-state index in [-0.39, 0.29) is 0 Å². The average Bonchev–Trinajstić information content (AvgIpc) is 3.37. The third kappa shape index (κ3) is 3.04. The van der Waals surface area contributed by atoms with Gasteiger partial charge in [-0.2, -0.15) is 0 Å². The number of halogens is 5. The van der Waals surface area contributed by atoms with Crippen molar-refractivity contribution in [2.45, 2.75) is 13.1 Å². The minimum absolute atomic E-state index is 0.311. The number of nitrogens with zero attached hydrogens (tertiary/aromatic N) is 4. The van der Waals surface area contributed by atoms with Crippen LogP contribution in [0.1, 0.15) is 11.3 Å². The van der Waals surface area contributed by atoms with Crippen LogP contribution in [0.2, 0.25) is 0 Å². The Kier molecular flexibility index (Phi) is 4.46. The lowest BCUT2D eigenvalue weighted by atomic mass is 10.1. The predicted octanol–water partition coefficient (Wildman–Crippen LogP) is 5.18. The van der Waals surface area contributed by atoms with Crippen LogP contribution in [0.15, 0.2) is 54.7 Å². The molecule has 156 valence electrons. The third-order valence-corrected chi connectivity index (χ3v) is 5.21. The van der Waals surface area contributed by atoms with E-state index in [9.17, 15) is 22.0 Å². The maximum atomic E-state index is 14.0. The molecule has 3 aromatic carbocycles. The molecule has 0 unspecified atom stereocenters. The van der Waals surface area contributed by atoms with E-state index >= 15 is 0 Å². The minimum Gasteiger partial charge on any atom is -0.334 e. The number of hydrogen-bond donors (Lipinski definition) is 0. The van der Waals surface area contributed by atoms with E-state index in [0.29, 0.717) is 12.2 Å². The van der Waals surface area contributed by atoms with Crippen molar-refractivity contribution in [1.82, 2.24) is 19.6 Å². The van der Waals surface area contributed by atoms with Gasteiger partial charge in [0.25, 0.3) is 0 Å². The van der Waals surface area contributed by atoms with Crippen LogP contribution < -0.4 is 0 Å². The van der Waals surface area contributed by atoms with Crippen LogP contribution in [0.25, 0.3) is 21.8 Å². The monoisotopic (exact) mass is 428 g/mol. The second-order valence-electron chi connectivity index (χ2n) is 7.08. The van der Waals surface area contributed by atoms with Crippen LogP contribution >= 0.6 is 0 Å². The first-order chi connectivity index (χ1) is 15.0. The fourth-order valence-corrected chi connectivity index (χ4v) is 3.78. The summed E-state index contributed by atoms with van der Waals surface area (Å²) in [6.45, 7) is -0.336. The Bertz CT molecular complexity index is 1370. The van der Waals surface area contributed by atoms with Crippen LogP contribution in [0.4, 0.5) is 22.0 Å². The van der Waals surface area contributed by atoms with Gasteiger partial charge in [0, 0.05) is 21.8 Å². The van der Waals surface area contributed by atoms with Gasteiger partial charge in [-0.25, -0.2) is 26.6 Å². The Hall–Kier alpha value is -3.75. The zero-order valence-corrected chi connectivity index (χ0v) is 15.8. The van der Waals surface area contributed by atoms with Gasteiger partial charge in [0.15, 0.2) is 23.3 Å². The summed E-state index contributed by atoms with van der Waals surface area (Å²) >= 11 is 0. The maximum Gasteiger partial charge on any atom is 0.200 e. The summed E-state index contributed by atoms with van der Waals surface area (Å²) in [5, 5.41) is 9.93. The fraction of sp³-hybridized carbons (Fsp3) is 0.0909. The van der Waals surface area contributed by atoms with Gasteiger partial charge in [-0.15, -0.1) is 5.10 Å². The van der Waals surface area contributed by atoms with E-state index in [1.54, 1.807) is 0 Å². The van der Waals surface area contributed by atoms with Gasteiger partial charge < -0.3 is 4.57 Å². The highest BCUT2D eigenvalue weighted by Gasteiger charge is 2.26. The zero-order valence-electron chi connectivity index (χ0n) is 15.8. The van der Waals surface area contributed by atoms with E-state index < -0.39 is 41.2 Å². The first kappa shape index (κ1) is 19.2. The van der Waals surface area contributed by atoms with Crippen molar-refractivity contribution in [2.75, 3.05) is 0 Å². The van der Waals surface area contributed by atoms with E-state index in [1.165, 1.54) is 6.20 Å². The van der Waals surface area contributed by atoms with Crippen LogP contribution in [-0.2, 0) is 13.1 Å². The molecule has 2 aromatic heterocycles. The molecule has 0 aliphatic rings. The number of para-hydroxylation sites is 2. The first-order valence-corrected chi connectivity index (χ1v) is 9.31. The SMILES string of the molecule is Fc1c(F)c(F)c(Cn2cc(Cn3c4ccccc4c4ccccc43)nn2)c(F)c1F. The highest BCUT2D eigenvalue weighted by atomic mass is 19.2. The van der Waals surface area contributed by atoms with Gasteiger partial charge in [-0.3, -0.25) is 0 Å². The normalized spacial score (nSPS) is 11.6. The lowest BCUT2D eigenvalue weighted by Gasteiger charge is -2.08. The Morgan fingerprint density at radius 1 is 0.645 bits per heavy atom. The van der Waals surface area contributed by atoms with Crippen LogP contribution in [-0.4, -0.2) is 19.6 Å². The summed E-state index contributed by atoms with van der Waals surface area (Å²) in [5.41, 5.74) is 1.44. The maximum absolute atomic E-state index is 14.0. The largest absolute Gasteiger partial charge is 0.334 e. The van der Waals surface area contributed by atoms with Gasteiger partial charge in [0.2, 0.25) is 5.82 Å². The Balaban J connectivity index is 1.51. The lowest BCUT2D eigenvalue weighted by molar-refractivity contribution is 0.366. The molecular formula is C22H13F5N4. The van der Waals surface area contributed by atoms with Crippen molar-refractivity contribution in [3.05, 3.63) is 95.1 Å². The third-order valence-electron chi connectivity index (χ3n) is 5.21. The molecule has 0 N–H and O–H groups in total. The molecule has 4 nitrogen and oxygen atoms in total. The molecule has 0 fully saturated rings. The van der Waals surface area contributed by atoms with Crippen molar-refractivity contribution < 1.29 is 22.0 Å². The molecule has 0 atom stereocenters. The molecule has 0 aliphatic heterocycles. The summed E-state index contributed by atoms with van der Waals surface area (Å²) in [4.78, 5) is 0. The Labute approximate surface area is 172 Å². The molecular weight excluding hydrogens is 415 g/mol. The standard InChI is InChI=1S/C22H13F5N4/c23-18-15(19(24)21(26)22(27)20(18)25)11-30-9-12(28-29-30)10-31-16-7-3-1-5-13(16)14-6-2-4-8-17(14)31/h1-9H,10-11H2. The molecule has 0 saturated heterocycles. The summed E-state index contributed by atoms with van der Waals surface area (Å²) in [7, 11) is 0. The number of fused-ring (bicyclic) bond motifs is 3. The van der Waals surface area contributed by atoms with Gasteiger partial charge in [-0.05, 0) is 12.1 Å². The summed E-state index contributed by atoms with van der Waals surface area (Å²) in [6.07, 6.45) is 1.42. The van der Waals surface area contributed by atoms with Gasteiger partial charge in [0.05, 0.1) is 24.8 Å². The van der Waals surface area contributed by atoms with Crippen LogP contribution in [0.5, 0.6) is 0 Å². The first-order valence-electron chi connectivity index (χ1n) is 9.31. The molecule has 0 amide bonds. The number of hydrogen-bond acceptors (Lipinski definition) is 2. The molecule has 0 aliphatic carbocycles. The van der Waals surface area contributed by atoms with E-state index in [1.807, 2.05) is 53.1 Å². The van der Waals surface area contributed by atoms with Crippen molar-refractivity contribution in [3.63, 3.8) is 0 Å². The highest BCUT2D eigenvalue weighted by molar-refractivity contribution is 6.07. The quantitative estimate of drug-likeness (QED) is 0.225. The summed E-state index contributed by atoms with van der Waals surface area (Å²) < 4.78 is 71.1. The average molecular weight is 428 g/mol. The summed E-state index contributed by atoms with van der Waals surface area (Å²) in [6, 6.07) is 15.7. The van der Waals surface area contributed by atoms with Gasteiger partial charge in [0.1, 0.15) is 5.69 Å². The molecule has 2 heterocycles. The Morgan fingerprint density at radius 2 is 1.16 bits per heavy atom. The molecule has 5 aromatic rings. The Morgan fingerprint density at radius 3 is 1.74 bits per heavy atom. The van der Waals surface area contributed by atoms with Crippen molar-refractivity contribution in [3.8, 4) is 0 Å². The fourth-order valence-electron chi connectivity index (χ4n) is 3.78. The number of rotatable bonds is 4.